The van der Waals surface area contributed by atoms with Gasteiger partial charge in [0.25, 0.3) is 5.56 Å². The van der Waals surface area contributed by atoms with Gasteiger partial charge in [-0.1, -0.05) is 6.07 Å². The van der Waals surface area contributed by atoms with E-state index in [2.05, 4.69) is 25.3 Å². The molecule has 0 spiro atoms. The molecule has 0 unspecified atom stereocenters. The van der Waals surface area contributed by atoms with Crippen LogP contribution >= 0.6 is 0 Å². The van der Waals surface area contributed by atoms with Crippen molar-refractivity contribution in [2.24, 2.45) is 5.92 Å². The maximum Gasteiger partial charge on any atom is 0.422 e. The molecule has 4 N–H and O–H groups in total. The summed E-state index contributed by atoms with van der Waals surface area (Å²) in [4.78, 5) is 38.6. The minimum absolute atomic E-state index is 0.0753. The predicted molar refractivity (Wildman–Crippen MR) is 127 cm³/mol. The summed E-state index contributed by atoms with van der Waals surface area (Å²) in [6.07, 6.45) is 3.22. The normalized spacial score (nSPS) is 20.6. The second kappa shape index (κ2) is 9.17. The molecule has 0 bridgehead atoms. The third-order valence-electron chi connectivity index (χ3n) is 7.09. The third kappa shape index (κ3) is 4.20. The first-order chi connectivity index (χ1) is 17.2. The number of aromatic nitrogens is 5. The number of halogens is 3. The van der Waals surface area contributed by atoms with E-state index >= 15 is 0 Å². The van der Waals surface area contributed by atoms with Crippen LogP contribution in [0.2, 0.25) is 0 Å². The van der Waals surface area contributed by atoms with Crippen LogP contribution in [0.5, 0.6) is 0 Å². The molecule has 0 aliphatic heterocycles. The smallest absolute Gasteiger partial charge is 0.375 e. The molecule has 1 aliphatic rings. The van der Waals surface area contributed by atoms with Crippen molar-refractivity contribution in [3.63, 3.8) is 0 Å². The summed E-state index contributed by atoms with van der Waals surface area (Å²) in [5.74, 6) is 0.0753. The summed E-state index contributed by atoms with van der Waals surface area (Å²) in [7, 11) is 0. The van der Waals surface area contributed by atoms with Gasteiger partial charge in [-0.25, -0.2) is 9.78 Å². The summed E-state index contributed by atoms with van der Waals surface area (Å²) in [6.45, 7) is -0.400. The van der Waals surface area contributed by atoms with Crippen LogP contribution in [-0.4, -0.2) is 48.9 Å². The van der Waals surface area contributed by atoms with Gasteiger partial charge in [-0.3, -0.25) is 19.3 Å². The largest absolute Gasteiger partial charge is 0.422 e. The highest BCUT2D eigenvalue weighted by atomic mass is 19.4. The van der Waals surface area contributed by atoms with E-state index in [9.17, 15) is 27.9 Å². The van der Waals surface area contributed by atoms with Crippen molar-refractivity contribution in [1.82, 2.24) is 29.8 Å². The Morgan fingerprint density at radius 3 is 2.58 bits per heavy atom. The first-order valence-corrected chi connectivity index (χ1v) is 11.7. The second-order valence-electron chi connectivity index (χ2n) is 9.29. The van der Waals surface area contributed by atoms with E-state index in [1.54, 1.807) is 16.8 Å². The molecule has 9 nitrogen and oxygen atoms in total. The number of nitrogens with zero attached hydrogens (tertiary/aromatic N) is 3. The molecule has 1 aliphatic carbocycles. The van der Waals surface area contributed by atoms with Gasteiger partial charge in [0.1, 0.15) is 5.65 Å². The van der Waals surface area contributed by atoms with E-state index < -0.39 is 29.6 Å². The molecule has 0 aromatic carbocycles. The molecule has 4 aromatic rings. The highest BCUT2D eigenvalue weighted by Crippen LogP contribution is 2.38. The van der Waals surface area contributed by atoms with Crippen LogP contribution in [0.15, 0.2) is 52.6 Å². The fourth-order valence-corrected chi connectivity index (χ4v) is 5.13. The van der Waals surface area contributed by atoms with Gasteiger partial charge in [0, 0.05) is 48.3 Å². The van der Waals surface area contributed by atoms with E-state index in [4.69, 9.17) is 0 Å². The Labute approximate surface area is 202 Å². The van der Waals surface area contributed by atoms with E-state index in [0.29, 0.717) is 54.2 Å². The number of aromatic amines is 2. The van der Waals surface area contributed by atoms with Crippen molar-refractivity contribution < 1.29 is 18.3 Å². The topological polar surface area (TPSA) is 129 Å². The number of hydrogen-bond acceptors (Lipinski definition) is 6. The zero-order valence-electron chi connectivity index (χ0n) is 19.2. The molecule has 1 fully saturated rings. The summed E-state index contributed by atoms with van der Waals surface area (Å²) in [5, 5.41) is 14.3. The summed E-state index contributed by atoms with van der Waals surface area (Å²) in [6, 6.07) is 4.17. The van der Waals surface area contributed by atoms with Gasteiger partial charge in [-0.05, 0) is 50.3 Å². The Morgan fingerprint density at radius 1 is 1.11 bits per heavy atom. The molecule has 190 valence electrons. The molecule has 0 saturated heterocycles. The van der Waals surface area contributed by atoms with Crippen molar-refractivity contribution in [3.8, 4) is 0 Å². The molecular weight excluding hydrogens is 477 g/mol. The first kappa shape index (κ1) is 24.2. The maximum absolute atomic E-state index is 13.7. The number of pyridine rings is 2. The molecule has 12 heteroatoms. The van der Waals surface area contributed by atoms with Gasteiger partial charge >= 0.3 is 11.9 Å². The maximum atomic E-state index is 13.7. The fraction of sp³-hybridized carbons (Fsp3) is 0.417. The van der Waals surface area contributed by atoms with Crippen LogP contribution in [0.4, 0.5) is 13.2 Å². The Balaban J connectivity index is 1.30. The molecule has 0 radical (unpaired) electrons. The molecule has 1 saturated carbocycles. The first-order valence-electron chi connectivity index (χ1n) is 11.7. The molecule has 5 rings (SSSR count). The molecule has 4 heterocycles. The lowest BCUT2D eigenvalue weighted by molar-refractivity contribution is -0.264. The van der Waals surface area contributed by atoms with E-state index in [1.807, 2.05) is 0 Å². The van der Waals surface area contributed by atoms with Crippen molar-refractivity contribution in [2.45, 2.75) is 43.5 Å². The van der Waals surface area contributed by atoms with Crippen LogP contribution in [-0.2, 0) is 5.60 Å². The number of rotatable bonds is 6. The molecule has 36 heavy (non-hydrogen) atoms. The second-order valence-corrected chi connectivity index (χ2v) is 9.29. The SMILES string of the molecule is O=c1[nH]c(=O)n(C2CCC(CNC[C@@](O)(c3cccnc3)C(F)(F)F)CC2)c2c1cnc1[nH]ccc12. The summed E-state index contributed by atoms with van der Waals surface area (Å²) >= 11 is 0. The molecule has 0 amide bonds. The molecule has 1 atom stereocenters. The summed E-state index contributed by atoms with van der Waals surface area (Å²) < 4.78 is 42.7. The number of nitrogens with one attached hydrogen (secondary N) is 3. The van der Waals surface area contributed by atoms with Gasteiger partial charge in [0.15, 0.2) is 5.60 Å². The van der Waals surface area contributed by atoms with Crippen molar-refractivity contribution in [2.75, 3.05) is 13.1 Å². The molecule has 4 aromatic heterocycles. The van der Waals surface area contributed by atoms with E-state index in [1.165, 1.54) is 24.5 Å². The van der Waals surface area contributed by atoms with Crippen LogP contribution in [0.3, 0.4) is 0 Å². The minimum Gasteiger partial charge on any atom is -0.375 e. The Hall–Kier alpha value is -3.51. The highest BCUT2D eigenvalue weighted by Gasteiger charge is 2.54. The Bertz CT molecular complexity index is 1490. The lowest BCUT2D eigenvalue weighted by Crippen LogP contribution is -2.50. The number of alkyl halides is 3. The van der Waals surface area contributed by atoms with Crippen LogP contribution < -0.4 is 16.6 Å². The zero-order chi connectivity index (χ0) is 25.5. The standard InChI is InChI=1S/C24H25F3N6O3/c25-24(26,27)23(36,15-2-1-8-28-11-15)13-29-10-14-3-5-16(6-4-14)33-19-17-7-9-30-20(17)31-12-18(19)21(34)32-22(33)35/h1-2,7-9,11-12,14,16,29,36H,3-6,10,13H2,(H,30,31)(H,32,34,35)/t14?,16?,23-/m1/s1. The Morgan fingerprint density at radius 2 is 1.89 bits per heavy atom. The highest BCUT2D eigenvalue weighted by molar-refractivity contribution is 6.01. The van der Waals surface area contributed by atoms with Gasteiger partial charge in [-0.2, -0.15) is 13.2 Å². The quantitative estimate of drug-likeness (QED) is 0.321. The zero-order valence-corrected chi connectivity index (χ0v) is 19.2. The van der Waals surface area contributed by atoms with Crippen LogP contribution in [0.25, 0.3) is 21.9 Å². The van der Waals surface area contributed by atoms with Crippen molar-refractivity contribution in [3.05, 3.63) is 69.4 Å². The average Bonchev–Trinajstić information content (AvgIpc) is 3.34. The van der Waals surface area contributed by atoms with Crippen molar-refractivity contribution >= 4 is 21.9 Å². The third-order valence-corrected chi connectivity index (χ3v) is 7.09. The number of fused-ring (bicyclic) bond motifs is 3. The van der Waals surface area contributed by atoms with Crippen molar-refractivity contribution in [1.29, 1.82) is 0 Å². The van der Waals surface area contributed by atoms with E-state index in [0.717, 1.165) is 6.20 Å². The van der Waals surface area contributed by atoms with Gasteiger partial charge < -0.3 is 15.4 Å². The lowest BCUT2D eigenvalue weighted by atomic mass is 9.85. The summed E-state index contributed by atoms with van der Waals surface area (Å²) in [5.41, 5.74) is -3.24. The van der Waals surface area contributed by atoms with Gasteiger partial charge in [-0.15, -0.1) is 0 Å². The minimum atomic E-state index is -4.87. The number of hydrogen-bond donors (Lipinski definition) is 4. The lowest BCUT2D eigenvalue weighted by Gasteiger charge is -2.33. The fourth-order valence-electron chi connectivity index (χ4n) is 5.13. The van der Waals surface area contributed by atoms with Crippen LogP contribution in [0, 0.1) is 5.92 Å². The molecular formula is C24H25F3N6O3. The number of H-pyrrole nitrogens is 2. The predicted octanol–water partition coefficient (Wildman–Crippen LogP) is 2.73. The van der Waals surface area contributed by atoms with Gasteiger partial charge in [0.05, 0.1) is 10.9 Å². The van der Waals surface area contributed by atoms with E-state index in [-0.39, 0.29) is 17.5 Å². The van der Waals surface area contributed by atoms with Gasteiger partial charge in [0.2, 0.25) is 0 Å². The Kier molecular flexibility index (Phi) is 6.17. The average molecular weight is 502 g/mol. The number of aliphatic hydroxyl groups is 1. The monoisotopic (exact) mass is 502 g/mol. The van der Waals surface area contributed by atoms with Crippen LogP contribution in [0.1, 0.15) is 37.3 Å².